The van der Waals surface area contributed by atoms with Crippen molar-refractivity contribution in [1.29, 1.82) is 0 Å². The van der Waals surface area contributed by atoms with Crippen LogP contribution in [0.15, 0.2) is 35.2 Å². The third-order valence-corrected chi connectivity index (χ3v) is 3.99. The fourth-order valence-electron chi connectivity index (χ4n) is 2.09. The second kappa shape index (κ2) is 7.41. The topological polar surface area (TPSA) is 110 Å². The van der Waals surface area contributed by atoms with E-state index in [2.05, 4.69) is 9.47 Å². The molecule has 0 saturated heterocycles. The van der Waals surface area contributed by atoms with Crippen molar-refractivity contribution in [3.05, 3.63) is 41.5 Å². The first kappa shape index (κ1) is 19.6. The van der Waals surface area contributed by atoms with Crippen LogP contribution in [0.1, 0.15) is 20.7 Å². The molecule has 0 atom stereocenters. The van der Waals surface area contributed by atoms with Gasteiger partial charge in [0.25, 0.3) is 0 Å². The number of hydrogen-bond acceptors (Lipinski definition) is 7. The molecule has 23 heavy (non-hydrogen) atoms. The molecule has 0 N–H and O–H groups in total. The summed E-state index contributed by atoms with van der Waals surface area (Å²) in [6.07, 6.45) is 0. The molecule has 0 heterocycles. The number of rotatable bonds is 3. The Kier molecular flexibility index (Phi) is 6.32. The molecule has 0 aliphatic rings. The Morgan fingerprint density at radius 2 is 1.61 bits per heavy atom. The summed E-state index contributed by atoms with van der Waals surface area (Å²) in [4.78, 5) is 22.5. The van der Waals surface area contributed by atoms with Gasteiger partial charge < -0.3 is 14.0 Å². The zero-order valence-corrected chi connectivity index (χ0v) is 15.5. The van der Waals surface area contributed by atoms with Crippen LogP contribution >= 0.6 is 0 Å². The summed E-state index contributed by atoms with van der Waals surface area (Å²) in [5, 5.41) is 0.343. The largest absolute Gasteiger partial charge is 1.00 e. The minimum Gasteiger partial charge on any atom is -0.744 e. The first-order chi connectivity index (χ1) is 10.3. The van der Waals surface area contributed by atoms with Gasteiger partial charge in [-0.2, -0.15) is 0 Å². The molecule has 0 amide bonds. The van der Waals surface area contributed by atoms with Crippen LogP contribution in [-0.2, 0) is 19.6 Å². The molecule has 2 rings (SSSR count). The monoisotopic (exact) mass is 346 g/mol. The molecule has 7 nitrogen and oxygen atoms in total. The average molecular weight is 346 g/mol. The second-order valence-corrected chi connectivity index (χ2v) is 5.63. The van der Waals surface area contributed by atoms with E-state index in [1.165, 1.54) is 37.4 Å². The molecule has 0 bridgehead atoms. The van der Waals surface area contributed by atoms with Gasteiger partial charge in [-0.25, -0.2) is 18.0 Å². The van der Waals surface area contributed by atoms with Gasteiger partial charge in [0.2, 0.25) is 0 Å². The number of methoxy groups -OCH3 is 2. The third-order valence-electron chi connectivity index (χ3n) is 3.05. The van der Waals surface area contributed by atoms with Crippen LogP contribution in [0.5, 0.6) is 0 Å². The molecule has 0 radical (unpaired) electrons. The van der Waals surface area contributed by atoms with Crippen LogP contribution in [0.25, 0.3) is 10.8 Å². The van der Waals surface area contributed by atoms with Gasteiger partial charge in [-0.15, -0.1) is 0 Å². The van der Waals surface area contributed by atoms with Crippen LogP contribution in [-0.4, -0.2) is 39.1 Å². The van der Waals surface area contributed by atoms with Crippen molar-refractivity contribution in [1.82, 2.24) is 0 Å². The predicted molar refractivity (Wildman–Crippen MR) is 74.6 cm³/mol. The number of hydrogen-bond donors (Lipinski definition) is 0. The van der Waals surface area contributed by atoms with Crippen LogP contribution in [0.3, 0.4) is 0 Å². The molecular formula is C14H11NaO7S. The van der Waals surface area contributed by atoms with E-state index in [9.17, 15) is 22.6 Å². The standard InChI is InChI=1S/C14H12O7S.Na/c1-20-13(15)9-4-5-10-8(7-9)3-6-11(14(16)21-2)12(10)22(17,18)19;/h3-7H,1-2H3,(H,17,18,19);/q;+1/p-1. The van der Waals surface area contributed by atoms with E-state index in [1.54, 1.807) is 0 Å². The quantitative estimate of drug-likeness (QED) is 0.371. The maximum absolute atomic E-state index is 11.6. The summed E-state index contributed by atoms with van der Waals surface area (Å²) in [5.74, 6) is -1.54. The summed E-state index contributed by atoms with van der Waals surface area (Å²) in [6, 6.07) is 6.54. The molecule has 0 aliphatic carbocycles. The predicted octanol–water partition coefficient (Wildman–Crippen LogP) is -1.68. The normalized spacial score (nSPS) is 10.7. The third kappa shape index (κ3) is 3.91. The average Bonchev–Trinajstić information content (AvgIpc) is 2.50. The smallest absolute Gasteiger partial charge is 0.744 e. The molecular weight excluding hydrogens is 335 g/mol. The molecule has 2 aromatic rings. The van der Waals surface area contributed by atoms with Crippen molar-refractivity contribution in [3.8, 4) is 0 Å². The SMILES string of the molecule is COC(=O)c1ccc2c(S(=O)(=O)[O-])c(C(=O)OC)ccc2c1.[Na+]. The Balaban J connectivity index is 0.00000264. The number of carbonyl (C=O) groups is 2. The van der Waals surface area contributed by atoms with Gasteiger partial charge in [0, 0.05) is 5.39 Å². The molecule has 0 aliphatic heterocycles. The van der Waals surface area contributed by atoms with Gasteiger partial charge in [-0.05, 0) is 23.6 Å². The van der Waals surface area contributed by atoms with E-state index in [0.29, 0.717) is 5.39 Å². The number of esters is 2. The summed E-state index contributed by atoms with van der Waals surface area (Å²) >= 11 is 0. The van der Waals surface area contributed by atoms with E-state index >= 15 is 0 Å². The van der Waals surface area contributed by atoms with E-state index in [4.69, 9.17) is 0 Å². The molecule has 0 fully saturated rings. The minimum atomic E-state index is -4.92. The van der Waals surface area contributed by atoms with Crippen molar-refractivity contribution in [3.63, 3.8) is 0 Å². The summed E-state index contributed by atoms with van der Waals surface area (Å²) in [5.41, 5.74) is -0.161. The van der Waals surface area contributed by atoms with Crippen molar-refractivity contribution >= 4 is 32.8 Å². The van der Waals surface area contributed by atoms with Gasteiger partial charge in [0.15, 0.2) is 0 Å². The molecule has 0 aromatic heterocycles. The first-order valence-electron chi connectivity index (χ1n) is 5.99. The van der Waals surface area contributed by atoms with Crippen LogP contribution in [0, 0.1) is 0 Å². The molecule has 0 unspecified atom stereocenters. The van der Waals surface area contributed by atoms with Crippen LogP contribution in [0.2, 0.25) is 0 Å². The fraction of sp³-hybridized carbons (Fsp3) is 0.143. The van der Waals surface area contributed by atoms with Crippen LogP contribution < -0.4 is 29.6 Å². The number of carbonyl (C=O) groups excluding carboxylic acids is 2. The summed E-state index contributed by atoms with van der Waals surface area (Å²) in [6.45, 7) is 0. The minimum absolute atomic E-state index is 0. The Hall–Kier alpha value is -1.45. The van der Waals surface area contributed by atoms with Crippen molar-refractivity contribution < 1.29 is 61.6 Å². The molecule has 0 saturated carbocycles. The van der Waals surface area contributed by atoms with Crippen molar-refractivity contribution in [2.45, 2.75) is 4.90 Å². The fourth-order valence-corrected chi connectivity index (χ4v) is 2.96. The Morgan fingerprint density at radius 1 is 1.00 bits per heavy atom. The Morgan fingerprint density at radius 3 is 2.13 bits per heavy atom. The maximum Gasteiger partial charge on any atom is 1.00 e. The number of fused-ring (bicyclic) bond motifs is 1. The molecule has 116 valence electrons. The Bertz CT molecular complexity index is 874. The van der Waals surface area contributed by atoms with E-state index in [-0.39, 0.29) is 46.1 Å². The number of benzene rings is 2. The van der Waals surface area contributed by atoms with E-state index in [0.717, 1.165) is 7.11 Å². The van der Waals surface area contributed by atoms with Gasteiger partial charge in [0.05, 0.1) is 30.2 Å². The van der Waals surface area contributed by atoms with E-state index < -0.39 is 27.0 Å². The molecule has 9 heteroatoms. The van der Waals surface area contributed by atoms with Gasteiger partial charge in [0.1, 0.15) is 10.1 Å². The van der Waals surface area contributed by atoms with Gasteiger partial charge in [-0.3, -0.25) is 0 Å². The molecule has 0 spiro atoms. The molecule has 2 aromatic carbocycles. The maximum atomic E-state index is 11.6. The number of ether oxygens (including phenoxy) is 2. The van der Waals surface area contributed by atoms with Crippen molar-refractivity contribution in [2.75, 3.05) is 14.2 Å². The van der Waals surface area contributed by atoms with Crippen LogP contribution in [0.4, 0.5) is 0 Å². The van der Waals surface area contributed by atoms with Crippen molar-refractivity contribution in [2.24, 2.45) is 0 Å². The van der Waals surface area contributed by atoms with E-state index in [1.807, 2.05) is 0 Å². The summed E-state index contributed by atoms with van der Waals surface area (Å²) in [7, 11) is -2.63. The summed E-state index contributed by atoms with van der Waals surface area (Å²) < 4.78 is 43.6. The van der Waals surface area contributed by atoms with Gasteiger partial charge in [-0.1, -0.05) is 12.1 Å². The van der Waals surface area contributed by atoms with Gasteiger partial charge >= 0.3 is 41.5 Å². The first-order valence-corrected chi connectivity index (χ1v) is 7.39. The second-order valence-electron chi connectivity index (χ2n) is 4.32. The Labute approximate surface area is 154 Å². The zero-order valence-electron chi connectivity index (χ0n) is 12.7. The zero-order chi connectivity index (χ0) is 16.5.